The number of rotatable bonds is 2. The largest absolute Gasteiger partial charge is 0.505 e. The van der Waals surface area contributed by atoms with E-state index in [1.54, 1.807) is 6.92 Å². The molecular weight excluding hydrogens is 252 g/mol. The first kappa shape index (κ1) is 10.9. The van der Waals surface area contributed by atoms with Gasteiger partial charge in [-0.15, -0.1) is 0 Å². The summed E-state index contributed by atoms with van der Waals surface area (Å²) in [7, 11) is 0. The minimum atomic E-state index is -0.303. The molecule has 76 valence electrons. The van der Waals surface area contributed by atoms with Crippen LogP contribution in [0.3, 0.4) is 0 Å². The Balaban J connectivity index is 3.47. The molecule has 0 aliphatic heterocycles. The molecule has 1 aromatic rings. The molecule has 3 N–H and O–H groups in total. The Kier molecular flexibility index (Phi) is 3.43. The van der Waals surface area contributed by atoms with Crippen molar-refractivity contribution in [3.8, 4) is 5.75 Å². The Morgan fingerprint density at radius 1 is 1.57 bits per heavy atom. The fourth-order valence-corrected chi connectivity index (χ4v) is 1.67. The maximum Gasteiger partial charge on any atom is 0.146 e. The Hall–Kier alpha value is -1.14. The summed E-state index contributed by atoms with van der Waals surface area (Å²) in [4.78, 5) is 3.95. The molecule has 0 bridgehead atoms. The van der Waals surface area contributed by atoms with Crippen LogP contribution in [0.5, 0.6) is 5.75 Å². The van der Waals surface area contributed by atoms with Crippen LogP contribution in [0.4, 0.5) is 0 Å². The highest BCUT2D eigenvalue weighted by Gasteiger charge is 2.13. The van der Waals surface area contributed by atoms with Gasteiger partial charge in [-0.25, -0.2) is 4.98 Å². The number of halogens is 1. The first-order valence-electron chi connectivity index (χ1n) is 3.78. The van der Waals surface area contributed by atoms with Crippen molar-refractivity contribution in [3.05, 3.63) is 21.4 Å². The van der Waals surface area contributed by atoms with Crippen LogP contribution in [0.1, 0.15) is 16.8 Å². The van der Waals surface area contributed by atoms with Crippen molar-refractivity contribution in [2.24, 2.45) is 5.16 Å². The summed E-state index contributed by atoms with van der Waals surface area (Å²) in [5.74, 6) is -0.102. The van der Waals surface area contributed by atoms with Crippen LogP contribution in [0, 0.1) is 6.92 Å². The first-order chi connectivity index (χ1) is 6.61. The molecule has 1 heterocycles. The average Bonchev–Trinajstić information content (AvgIpc) is 2.14. The molecular formula is C8H9BrN2O3. The van der Waals surface area contributed by atoms with Crippen LogP contribution < -0.4 is 0 Å². The van der Waals surface area contributed by atoms with Crippen LogP contribution in [0.15, 0.2) is 9.76 Å². The van der Waals surface area contributed by atoms with E-state index in [4.69, 9.17) is 10.3 Å². The van der Waals surface area contributed by atoms with Gasteiger partial charge in [0.25, 0.3) is 0 Å². The first-order valence-corrected chi connectivity index (χ1v) is 4.57. The molecule has 0 aromatic carbocycles. The topological polar surface area (TPSA) is 85.9 Å². The molecule has 0 fully saturated rings. The summed E-state index contributed by atoms with van der Waals surface area (Å²) in [6.07, 6.45) is 1.06. The molecule has 0 aliphatic carbocycles. The third-order valence-electron chi connectivity index (χ3n) is 1.78. The third-order valence-corrected chi connectivity index (χ3v) is 2.44. The highest BCUT2D eigenvalue weighted by Crippen LogP contribution is 2.27. The van der Waals surface area contributed by atoms with Crippen LogP contribution in [-0.4, -0.2) is 26.6 Å². The predicted molar refractivity (Wildman–Crippen MR) is 53.6 cm³/mol. The Labute approximate surface area is 88.8 Å². The molecule has 0 amide bonds. The van der Waals surface area contributed by atoms with E-state index in [9.17, 15) is 5.11 Å². The maximum atomic E-state index is 9.57. The molecule has 5 nitrogen and oxygen atoms in total. The summed E-state index contributed by atoms with van der Waals surface area (Å²) < 4.78 is 0.421. The lowest BCUT2D eigenvalue weighted by Crippen LogP contribution is -2.00. The van der Waals surface area contributed by atoms with E-state index in [0.29, 0.717) is 15.9 Å². The van der Waals surface area contributed by atoms with E-state index in [-0.39, 0.29) is 17.9 Å². The molecule has 0 radical (unpaired) electrons. The second-order valence-corrected chi connectivity index (χ2v) is 3.38. The lowest BCUT2D eigenvalue weighted by atomic mass is 10.1. The van der Waals surface area contributed by atoms with Gasteiger partial charge >= 0.3 is 0 Å². The van der Waals surface area contributed by atoms with Crippen molar-refractivity contribution in [3.63, 3.8) is 0 Å². The number of nitrogens with zero attached hydrogens (tertiary/aromatic N) is 2. The predicted octanol–water partition coefficient (Wildman–Crippen LogP) is 1.16. The average molecular weight is 261 g/mol. The van der Waals surface area contributed by atoms with E-state index in [2.05, 4.69) is 26.1 Å². The van der Waals surface area contributed by atoms with E-state index in [1.807, 2.05) is 0 Å². The van der Waals surface area contributed by atoms with E-state index in [0.717, 1.165) is 6.21 Å². The van der Waals surface area contributed by atoms with Gasteiger partial charge in [0.1, 0.15) is 10.4 Å². The van der Waals surface area contributed by atoms with Crippen LogP contribution in [-0.2, 0) is 6.61 Å². The number of hydrogen-bond acceptors (Lipinski definition) is 5. The zero-order valence-electron chi connectivity index (χ0n) is 7.40. The second kappa shape index (κ2) is 4.39. The van der Waals surface area contributed by atoms with Gasteiger partial charge in [-0.3, -0.25) is 0 Å². The van der Waals surface area contributed by atoms with Crippen molar-refractivity contribution >= 4 is 22.1 Å². The molecule has 0 atom stereocenters. The van der Waals surface area contributed by atoms with Crippen LogP contribution >= 0.6 is 15.9 Å². The van der Waals surface area contributed by atoms with Gasteiger partial charge in [-0.2, -0.15) is 0 Å². The molecule has 0 spiro atoms. The smallest absolute Gasteiger partial charge is 0.146 e. The standard InChI is InChI=1S/C8H9BrN2O3/c1-4-7(13)5(2-10-14)6(3-12)8(9)11-4/h2,12-14H,3H2,1H3/b10-2+. The van der Waals surface area contributed by atoms with Crippen LogP contribution in [0.2, 0.25) is 0 Å². The van der Waals surface area contributed by atoms with E-state index < -0.39 is 0 Å². The number of aromatic nitrogens is 1. The van der Waals surface area contributed by atoms with Gasteiger partial charge in [0, 0.05) is 11.1 Å². The minimum Gasteiger partial charge on any atom is -0.505 e. The summed E-state index contributed by atoms with van der Waals surface area (Å²) in [6, 6.07) is 0. The molecule has 14 heavy (non-hydrogen) atoms. The van der Waals surface area contributed by atoms with Gasteiger partial charge in [0.05, 0.1) is 18.5 Å². The van der Waals surface area contributed by atoms with Crippen molar-refractivity contribution in [2.45, 2.75) is 13.5 Å². The van der Waals surface area contributed by atoms with Gasteiger partial charge in [-0.1, -0.05) is 5.16 Å². The Morgan fingerprint density at radius 2 is 2.21 bits per heavy atom. The lowest BCUT2D eigenvalue weighted by molar-refractivity contribution is 0.279. The molecule has 0 saturated carbocycles. The Morgan fingerprint density at radius 3 is 2.71 bits per heavy atom. The highest BCUT2D eigenvalue weighted by atomic mass is 79.9. The summed E-state index contributed by atoms with van der Waals surface area (Å²) >= 11 is 3.14. The molecule has 1 rings (SSSR count). The lowest BCUT2D eigenvalue weighted by Gasteiger charge is -2.08. The van der Waals surface area contributed by atoms with Crippen molar-refractivity contribution in [1.82, 2.24) is 4.98 Å². The van der Waals surface area contributed by atoms with Crippen molar-refractivity contribution in [2.75, 3.05) is 0 Å². The zero-order valence-corrected chi connectivity index (χ0v) is 8.98. The number of aliphatic hydroxyl groups excluding tert-OH is 1. The fourth-order valence-electron chi connectivity index (χ4n) is 1.06. The quantitative estimate of drug-likeness (QED) is 0.322. The van der Waals surface area contributed by atoms with Crippen molar-refractivity contribution < 1.29 is 15.4 Å². The zero-order chi connectivity index (χ0) is 10.7. The number of hydrogen-bond donors (Lipinski definition) is 3. The number of oxime groups is 1. The van der Waals surface area contributed by atoms with Gasteiger partial charge in [-0.05, 0) is 22.9 Å². The summed E-state index contributed by atoms with van der Waals surface area (Å²) in [5.41, 5.74) is 1.03. The number of pyridine rings is 1. The molecule has 0 unspecified atom stereocenters. The third kappa shape index (κ3) is 1.85. The van der Waals surface area contributed by atoms with Gasteiger partial charge < -0.3 is 15.4 Å². The normalized spacial score (nSPS) is 11.1. The fraction of sp³-hybridized carbons (Fsp3) is 0.250. The number of aliphatic hydroxyl groups is 1. The van der Waals surface area contributed by atoms with Gasteiger partial charge in [0.15, 0.2) is 0 Å². The monoisotopic (exact) mass is 260 g/mol. The van der Waals surface area contributed by atoms with E-state index >= 15 is 0 Å². The van der Waals surface area contributed by atoms with E-state index in [1.165, 1.54) is 0 Å². The molecule has 1 aromatic heterocycles. The maximum absolute atomic E-state index is 9.57. The van der Waals surface area contributed by atoms with Crippen molar-refractivity contribution in [1.29, 1.82) is 0 Å². The van der Waals surface area contributed by atoms with Gasteiger partial charge in [0.2, 0.25) is 0 Å². The summed E-state index contributed by atoms with van der Waals surface area (Å²) in [6.45, 7) is 1.30. The number of aryl methyl sites for hydroxylation is 1. The second-order valence-electron chi connectivity index (χ2n) is 2.63. The molecule has 6 heteroatoms. The Bertz CT molecular complexity index is 379. The summed E-state index contributed by atoms with van der Waals surface area (Å²) in [5, 5.41) is 29.8. The molecule has 0 aliphatic rings. The molecule has 0 saturated heterocycles. The highest BCUT2D eigenvalue weighted by molar-refractivity contribution is 9.10. The number of aromatic hydroxyl groups is 1. The van der Waals surface area contributed by atoms with Crippen LogP contribution in [0.25, 0.3) is 0 Å². The SMILES string of the molecule is Cc1nc(Br)c(CO)c(/C=N/O)c1O. The minimum absolute atomic E-state index is 0.102.